The molecule has 0 bridgehead atoms. The fraction of sp³-hybridized carbons (Fsp3) is 0.188. The zero-order chi connectivity index (χ0) is 28.5. The second-order valence-corrected chi connectivity index (χ2v) is 9.77. The monoisotopic (exact) mass is 538 g/mol. The first-order chi connectivity index (χ1) is 19.3. The predicted molar refractivity (Wildman–Crippen MR) is 157 cm³/mol. The molecule has 8 heteroatoms. The lowest BCUT2D eigenvalue weighted by Gasteiger charge is -2.33. The summed E-state index contributed by atoms with van der Waals surface area (Å²) in [5.74, 6) is -0.884. The van der Waals surface area contributed by atoms with E-state index in [9.17, 15) is 19.8 Å². The molecule has 4 aromatic carbocycles. The first kappa shape index (κ1) is 28.4. The number of aliphatic hydroxyl groups is 2. The molecule has 40 heavy (non-hydrogen) atoms. The highest BCUT2D eigenvalue weighted by atomic mass is 16.3. The third-order valence-corrected chi connectivity index (χ3v) is 6.70. The van der Waals surface area contributed by atoms with Gasteiger partial charge in [0.15, 0.2) is 0 Å². The van der Waals surface area contributed by atoms with Crippen molar-refractivity contribution in [2.75, 3.05) is 11.5 Å². The van der Waals surface area contributed by atoms with Crippen molar-refractivity contribution in [2.45, 2.75) is 37.1 Å². The van der Waals surface area contributed by atoms with E-state index in [0.29, 0.717) is 22.5 Å². The zero-order valence-electron chi connectivity index (χ0n) is 22.0. The van der Waals surface area contributed by atoms with Crippen molar-refractivity contribution in [2.24, 2.45) is 0 Å². The number of nitrogens with one attached hydrogen (secondary N) is 2. The number of anilines is 2. The van der Waals surface area contributed by atoms with Crippen LogP contribution in [0.25, 0.3) is 0 Å². The molecule has 0 fully saturated rings. The Morgan fingerprint density at radius 1 is 0.575 bits per heavy atom. The van der Waals surface area contributed by atoms with Crippen molar-refractivity contribution in [1.82, 2.24) is 10.6 Å². The number of amides is 2. The van der Waals surface area contributed by atoms with E-state index in [-0.39, 0.29) is 12.8 Å². The van der Waals surface area contributed by atoms with Gasteiger partial charge in [0.1, 0.15) is 12.2 Å². The molecular weight excluding hydrogens is 504 g/mol. The van der Waals surface area contributed by atoms with Gasteiger partial charge in [0.05, 0.1) is 12.1 Å². The highest BCUT2D eigenvalue weighted by Crippen LogP contribution is 2.17. The minimum Gasteiger partial charge on any atom is -0.399 e. The SMILES string of the molecule is Nc1cccc(C(=O)N[C@@H](Cc2ccccc2)[C@H](O)[C@H](O)[C@H](Cc2ccccc2)NC(=O)c2cccc(N)c2)c1. The summed E-state index contributed by atoms with van der Waals surface area (Å²) in [7, 11) is 0. The van der Waals surface area contributed by atoms with Crippen molar-refractivity contribution in [1.29, 1.82) is 0 Å². The summed E-state index contributed by atoms with van der Waals surface area (Å²) in [6.45, 7) is 0. The average Bonchev–Trinajstić information content (AvgIpc) is 2.96. The van der Waals surface area contributed by atoms with E-state index < -0.39 is 36.1 Å². The molecule has 0 aromatic heterocycles. The molecule has 4 atom stereocenters. The number of rotatable bonds is 11. The van der Waals surface area contributed by atoms with Crippen molar-refractivity contribution in [3.8, 4) is 0 Å². The van der Waals surface area contributed by atoms with Gasteiger partial charge in [-0.05, 0) is 60.4 Å². The second kappa shape index (κ2) is 13.4. The minimum atomic E-state index is -1.43. The summed E-state index contributed by atoms with van der Waals surface area (Å²) in [5, 5.41) is 28.7. The maximum Gasteiger partial charge on any atom is 0.251 e. The molecule has 8 nitrogen and oxygen atoms in total. The molecule has 0 saturated heterocycles. The van der Waals surface area contributed by atoms with E-state index in [1.165, 1.54) is 0 Å². The molecule has 8 N–H and O–H groups in total. The maximum absolute atomic E-state index is 13.1. The van der Waals surface area contributed by atoms with Gasteiger partial charge in [0.2, 0.25) is 0 Å². The van der Waals surface area contributed by atoms with Crippen molar-refractivity contribution >= 4 is 23.2 Å². The van der Waals surface area contributed by atoms with Gasteiger partial charge in [-0.3, -0.25) is 9.59 Å². The van der Waals surface area contributed by atoms with Crippen LogP contribution in [-0.2, 0) is 12.8 Å². The molecule has 0 aliphatic heterocycles. The fourth-order valence-corrected chi connectivity index (χ4v) is 4.59. The Hall–Kier alpha value is -4.66. The van der Waals surface area contributed by atoms with Crippen molar-refractivity contribution in [3.63, 3.8) is 0 Å². The smallest absolute Gasteiger partial charge is 0.251 e. The van der Waals surface area contributed by atoms with Crippen molar-refractivity contribution < 1.29 is 19.8 Å². The molecule has 4 rings (SSSR count). The van der Waals surface area contributed by atoms with Gasteiger partial charge >= 0.3 is 0 Å². The number of hydrogen-bond donors (Lipinski definition) is 6. The molecule has 0 saturated carbocycles. The van der Waals surface area contributed by atoms with Crippen LogP contribution >= 0.6 is 0 Å². The van der Waals surface area contributed by atoms with E-state index >= 15 is 0 Å². The number of hydrogen-bond acceptors (Lipinski definition) is 6. The van der Waals surface area contributed by atoms with Gasteiger partial charge in [0, 0.05) is 22.5 Å². The number of carbonyl (C=O) groups excluding carboxylic acids is 2. The van der Waals surface area contributed by atoms with Gasteiger partial charge in [-0.2, -0.15) is 0 Å². The Morgan fingerprint density at radius 3 is 1.30 bits per heavy atom. The van der Waals surface area contributed by atoms with Crippen molar-refractivity contribution in [3.05, 3.63) is 131 Å². The summed E-state index contributed by atoms with van der Waals surface area (Å²) < 4.78 is 0. The second-order valence-electron chi connectivity index (χ2n) is 9.77. The molecule has 0 aliphatic rings. The van der Waals surface area contributed by atoms with Gasteiger partial charge in [0.25, 0.3) is 11.8 Å². The Morgan fingerprint density at radius 2 is 0.950 bits per heavy atom. The Labute approximate surface area is 233 Å². The Kier molecular flexibility index (Phi) is 9.51. The lowest BCUT2D eigenvalue weighted by Crippen LogP contribution is -2.57. The van der Waals surface area contributed by atoms with Crippen LogP contribution < -0.4 is 22.1 Å². The summed E-state index contributed by atoms with van der Waals surface area (Å²) >= 11 is 0. The van der Waals surface area contributed by atoms with E-state index in [1.807, 2.05) is 60.7 Å². The van der Waals surface area contributed by atoms with E-state index in [4.69, 9.17) is 11.5 Å². The third-order valence-electron chi connectivity index (χ3n) is 6.70. The van der Waals surface area contributed by atoms with Crippen LogP contribution in [0.5, 0.6) is 0 Å². The van der Waals surface area contributed by atoms with Gasteiger partial charge in [-0.1, -0.05) is 72.8 Å². The van der Waals surface area contributed by atoms with Crippen LogP contribution in [0, 0.1) is 0 Å². The summed E-state index contributed by atoms with van der Waals surface area (Å²) in [6, 6.07) is 30.0. The molecule has 0 radical (unpaired) electrons. The number of nitrogen functional groups attached to an aromatic ring is 2. The molecule has 0 heterocycles. The third kappa shape index (κ3) is 7.69. The summed E-state index contributed by atoms with van der Waals surface area (Å²) in [5.41, 5.74) is 14.9. The van der Waals surface area contributed by atoms with Crippen LogP contribution in [0.2, 0.25) is 0 Å². The van der Waals surface area contributed by atoms with Crippen LogP contribution in [0.3, 0.4) is 0 Å². The Bertz CT molecular complexity index is 1310. The quantitative estimate of drug-likeness (QED) is 0.162. The molecule has 2 amide bonds. The van der Waals surface area contributed by atoms with E-state index in [1.54, 1.807) is 48.5 Å². The highest BCUT2D eigenvalue weighted by molar-refractivity contribution is 5.96. The first-order valence-electron chi connectivity index (χ1n) is 13.1. The number of carbonyl (C=O) groups is 2. The van der Waals surface area contributed by atoms with Crippen LogP contribution in [0.15, 0.2) is 109 Å². The summed E-state index contributed by atoms with van der Waals surface area (Å²) in [4.78, 5) is 26.3. The average molecular weight is 539 g/mol. The molecule has 0 spiro atoms. The molecule has 206 valence electrons. The summed E-state index contributed by atoms with van der Waals surface area (Å²) in [6.07, 6.45) is -2.37. The lowest BCUT2D eigenvalue weighted by atomic mass is 9.90. The molecule has 0 unspecified atom stereocenters. The van der Waals surface area contributed by atoms with Gasteiger partial charge in [-0.15, -0.1) is 0 Å². The minimum absolute atomic E-state index is 0.244. The molecule has 0 aliphatic carbocycles. The van der Waals surface area contributed by atoms with E-state index in [2.05, 4.69) is 10.6 Å². The number of aliphatic hydroxyl groups excluding tert-OH is 2. The largest absolute Gasteiger partial charge is 0.399 e. The Balaban J connectivity index is 1.61. The lowest BCUT2D eigenvalue weighted by molar-refractivity contribution is -0.0219. The standard InChI is InChI=1S/C32H34N4O4/c33-25-15-7-13-23(19-25)31(39)35-27(17-21-9-3-1-4-10-21)29(37)30(38)28(18-22-11-5-2-6-12-22)36-32(40)24-14-8-16-26(34)20-24/h1-16,19-20,27-30,37-38H,17-18,33-34H2,(H,35,39)(H,36,40)/t27-,28-,29-,30+/m0/s1. The normalized spacial score (nSPS) is 13.9. The fourth-order valence-electron chi connectivity index (χ4n) is 4.59. The molecule has 4 aromatic rings. The topological polar surface area (TPSA) is 151 Å². The molecular formula is C32H34N4O4. The number of nitrogens with two attached hydrogens (primary N) is 2. The highest BCUT2D eigenvalue weighted by Gasteiger charge is 2.34. The maximum atomic E-state index is 13.1. The van der Waals surface area contributed by atoms with Crippen LogP contribution in [0.4, 0.5) is 11.4 Å². The van der Waals surface area contributed by atoms with E-state index in [0.717, 1.165) is 11.1 Å². The van der Waals surface area contributed by atoms with Gasteiger partial charge in [-0.25, -0.2) is 0 Å². The first-order valence-corrected chi connectivity index (χ1v) is 13.1. The predicted octanol–water partition coefficient (Wildman–Crippen LogP) is 2.96. The zero-order valence-corrected chi connectivity index (χ0v) is 22.0. The van der Waals surface area contributed by atoms with Crippen LogP contribution in [-0.4, -0.2) is 46.3 Å². The van der Waals surface area contributed by atoms with Crippen LogP contribution in [0.1, 0.15) is 31.8 Å². The number of benzene rings is 4. The van der Waals surface area contributed by atoms with Gasteiger partial charge < -0.3 is 32.3 Å².